The van der Waals surface area contributed by atoms with Crippen molar-refractivity contribution >= 4 is 5.96 Å². The number of halogens is 1. The van der Waals surface area contributed by atoms with Crippen molar-refractivity contribution in [2.24, 2.45) is 4.99 Å². The van der Waals surface area contributed by atoms with Gasteiger partial charge in [0.15, 0.2) is 5.96 Å². The van der Waals surface area contributed by atoms with Crippen LogP contribution in [0.5, 0.6) is 5.75 Å². The number of guanidine groups is 1. The van der Waals surface area contributed by atoms with Crippen LogP contribution < -0.4 is 15.4 Å². The van der Waals surface area contributed by atoms with Crippen molar-refractivity contribution in [1.29, 1.82) is 0 Å². The second kappa shape index (κ2) is 10.5. The molecule has 27 heavy (non-hydrogen) atoms. The Morgan fingerprint density at radius 3 is 2.30 bits per heavy atom. The average Bonchev–Trinajstić information content (AvgIpc) is 2.67. The van der Waals surface area contributed by atoms with E-state index in [0.29, 0.717) is 13.1 Å². The highest BCUT2D eigenvalue weighted by Crippen LogP contribution is 2.20. The van der Waals surface area contributed by atoms with Crippen LogP contribution in [0.1, 0.15) is 24.1 Å². The summed E-state index contributed by atoms with van der Waals surface area (Å²) < 4.78 is 18.3. The Morgan fingerprint density at radius 1 is 1.07 bits per heavy atom. The summed E-state index contributed by atoms with van der Waals surface area (Å²) in [5, 5.41) is 6.66. The standard InChI is InChI=1S/C21H29FN4O/c1-5-23-21(24-14-16-6-10-18(22)11-7-16)25-15-20(26(2)3)17-8-12-19(27-4)13-9-17/h6-13,20H,5,14-15H2,1-4H3,(H2,23,24,25). The number of rotatable bonds is 8. The van der Waals surface area contributed by atoms with Gasteiger partial charge in [-0.2, -0.15) is 0 Å². The Labute approximate surface area is 161 Å². The largest absolute Gasteiger partial charge is 0.497 e. The van der Waals surface area contributed by atoms with Crippen molar-refractivity contribution in [2.45, 2.75) is 19.5 Å². The molecule has 0 bridgehead atoms. The highest BCUT2D eigenvalue weighted by Gasteiger charge is 2.14. The zero-order valence-corrected chi connectivity index (χ0v) is 16.5. The molecule has 1 unspecified atom stereocenters. The van der Waals surface area contributed by atoms with E-state index in [2.05, 4.69) is 46.8 Å². The minimum Gasteiger partial charge on any atom is -0.497 e. The van der Waals surface area contributed by atoms with Crippen LogP contribution in [0, 0.1) is 5.82 Å². The molecule has 2 N–H and O–H groups in total. The summed E-state index contributed by atoms with van der Waals surface area (Å²) in [6.07, 6.45) is 0. The van der Waals surface area contributed by atoms with Gasteiger partial charge < -0.3 is 20.3 Å². The molecule has 0 aliphatic heterocycles. The summed E-state index contributed by atoms with van der Waals surface area (Å²) in [4.78, 5) is 6.76. The van der Waals surface area contributed by atoms with Gasteiger partial charge in [-0.1, -0.05) is 24.3 Å². The fourth-order valence-corrected chi connectivity index (χ4v) is 2.72. The van der Waals surface area contributed by atoms with Crippen LogP contribution in [0.15, 0.2) is 53.5 Å². The minimum atomic E-state index is -0.235. The molecular formula is C21H29FN4O. The lowest BCUT2D eigenvalue weighted by atomic mass is 10.1. The van der Waals surface area contributed by atoms with Crippen LogP contribution in [0.4, 0.5) is 4.39 Å². The Kier molecular flexibility index (Phi) is 8.07. The fourth-order valence-electron chi connectivity index (χ4n) is 2.72. The monoisotopic (exact) mass is 372 g/mol. The van der Waals surface area contributed by atoms with E-state index in [1.807, 2.05) is 19.1 Å². The molecule has 2 aromatic carbocycles. The van der Waals surface area contributed by atoms with Crippen molar-refractivity contribution in [3.05, 3.63) is 65.5 Å². The van der Waals surface area contributed by atoms with E-state index < -0.39 is 0 Å². The molecule has 1 atom stereocenters. The third-order valence-corrected chi connectivity index (χ3v) is 4.26. The number of ether oxygens (including phenoxy) is 1. The van der Waals surface area contributed by atoms with Crippen molar-refractivity contribution in [1.82, 2.24) is 15.5 Å². The summed E-state index contributed by atoms with van der Waals surface area (Å²) in [5.74, 6) is 1.35. The van der Waals surface area contributed by atoms with E-state index in [-0.39, 0.29) is 11.9 Å². The highest BCUT2D eigenvalue weighted by atomic mass is 19.1. The van der Waals surface area contributed by atoms with Crippen LogP contribution in [0.25, 0.3) is 0 Å². The van der Waals surface area contributed by atoms with Crippen LogP contribution in [-0.4, -0.2) is 45.2 Å². The summed E-state index contributed by atoms with van der Waals surface area (Å²) >= 11 is 0. The first-order valence-electron chi connectivity index (χ1n) is 9.10. The number of hydrogen-bond donors (Lipinski definition) is 2. The third kappa shape index (κ3) is 6.57. The van der Waals surface area contributed by atoms with Crippen molar-refractivity contribution in [3.63, 3.8) is 0 Å². The summed E-state index contributed by atoms with van der Waals surface area (Å²) in [6, 6.07) is 14.7. The Morgan fingerprint density at radius 2 is 1.74 bits per heavy atom. The molecule has 0 radical (unpaired) electrons. The van der Waals surface area contributed by atoms with Crippen molar-refractivity contribution in [2.75, 3.05) is 34.3 Å². The maximum absolute atomic E-state index is 13.0. The first kappa shape index (κ1) is 20.7. The van der Waals surface area contributed by atoms with E-state index in [0.717, 1.165) is 23.8 Å². The topological polar surface area (TPSA) is 48.9 Å². The molecule has 146 valence electrons. The van der Waals surface area contributed by atoms with Gasteiger partial charge >= 0.3 is 0 Å². The van der Waals surface area contributed by atoms with E-state index in [9.17, 15) is 4.39 Å². The molecule has 0 aliphatic rings. The second-order valence-corrected chi connectivity index (χ2v) is 6.46. The number of nitrogens with zero attached hydrogens (tertiary/aromatic N) is 2. The van der Waals surface area contributed by atoms with Gasteiger partial charge in [0.2, 0.25) is 0 Å². The van der Waals surface area contributed by atoms with E-state index in [1.165, 1.54) is 17.7 Å². The quantitative estimate of drug-likeness (QED) is 0.552. The summed E-state index contributed by atoms with van der Waals surface area (Å²) in [5.41, 5.74) is 2.16. The molecule has 2 rings (SSSR count). The van der Waals surface area contributed by atoms with E-state index in [1.54, 1.807) is 19.2 Å². The number of nitrogens with one attached hydrogen (secondary N) is 2. The molecule has 0 spiro atoms. The molecular weight excluding hydrogens is 343 g/mol. The molecule has 0 aliphatic carbocycles. The Hall–Kier alpha value is -2.60. The van der Waals surface area contributed by atoms with Gasteiger partial charge in [0.25, 0.3) is 0 Å². The van der Waals surface area contributed by atoms with Gasteiger partial charge in [0.05, 0.1) is 19.7 Å². The van der Waals surface area contributed by atoms with Gasteiger partial charge in [0.1, 0.15) is 11.6 Å². The molecule has 5 nitrogen and oxygen atoms in total. The molecule has 0 fully saturated rings. The molecule has 2 aromatic rings. The lowest BCUT2D eigenvalue weighted by Gasteiger charge is -2.26. The zero-order valence-electron chi connectivity index (χ0n) is 16.5. The average molecular weight is 372 g/mol. The second-order valence-electron chi connectivity index (χ2n) is 6.46. The lowest BCUT2D eigenvalue weighted by Crippen LogP contribution is -2.41. The summed E-state index contributed by atoms with van der Waals surface area (Å²) in [7, 11) is 5.78. The van der Waals surface area contributed by atoms with Gasteiger partial charge in [-0.05, 0) is 56.4 Å². The third-order valence-electron chi connectivity index (χ3n) is 4.26. The van der Waals surface area contributed by atoms with Gasteiger partial charge in [0, 0.05) is 13.1 Å². The van der Waals surface area contributed by atoms with Crippen molar-refractivity contribution < 1.29 is 9.13 Å². The number of hydrogen-bond acceptors (Lipinski definition) is 3. The fraction of sp³-hybridized carbons (Fsp3) is 0.381. The van der Waals surface area contributed by atoms with Gasteiger partial charge in [-0.15, -0.1) is 0 Å². The van der Waals surface area contributed by atoms with Crippen LogP contribution in [0.2, 0.25) is 0 Å². The number of methoxy groups -OCH3 is 1. The maximum Gasteiger partial charge on any atom is 0.191 e. The van der Waals surface area contributed by atoms with Crippen LogP contribution in [-0.2, 0) is 6.54 Å². The predicted molar refractivity (Wildman–Crippen MR) is 109 cm³/mol. The van der Waals surface area contributed by atoms with Gasteiger partial charge in [-0.25, -0.2) is 9.38 Å². The number of aliphatic imine (C=N–C) groups is 1. The molecule has 0 saturated heterocycles. The zero-order chi connectivity index (χ0) is 19.6. The summed E-state index contributed by atoms with van der Waals surface area (Å²) in [6.45, 7) is 3.99. The molecule has 0 amide bonds. The lowest BCUT2D eigenvalue weighted by molar-refractivity contribution is 0.298. The molecule has 0 heterocycles. The van der Waals surface area contributed by atoms with Gasteiger partial charge in [-0.3, -0.25) is 0 Å². The van der Waals surface area contributed by atoms with Crippen molar-refractivity contribution in [3.8, 4) is 5.75 Å². The predicted octanol–water partition coefficient (Wildman–Crippen LogP) is 3.19. The van der Waals surface area contributed by atoms with Crippen LogP contribution >= 0.6 is 0 Å². The first-order chi connectivity index (χ1) is 13.0. The van der Waals surface area contributed by atoms with E-state index in [4.69, 9.17) is 4.74 Å². The number of likely N-dealkylation sites (N-methyl/N-ethyl adjacent to an activating group) is 1. The molecule has 0 saturated carbocycles. The first-order valence-corrected chi connectivity index (χ1v) is 9.10. The molecule has 0 aromatic heterocycles. The Bertz CT molecular complexity index is 714. The maximum atomic E-state index is 13.0. The number of benzene rings is 2. The smallest absolute Gasteiger partial charge is 0.191 e. The van der Waals surface area contributed by atoms with E-state index >= 15 is 0 Å². The highest BCUT2D eigenvalue weighted by molar-refractivity contribution is 5.79. The normalized spacial score (nSPS) is 12.7. The minimum absolute atomic E-state index is 0.186. The molecule has 6 heteroatoms. The SMILES string of the molecule is CCNC(=NCc1ccc(F)cc1)NCC(c1ccc(OC)cc1)N(C)C. The van der Waals surface area contributed by atoms with Crippen LogP contribution in [0.3, 0.4) is 0 Å². The Balaban J connectivity index is 2.04.